The largest absolute Gasteiger partial charge is 1.00 e. The van der Waals surface area contributed by atoms with Crippen LogP contribution in [0, 0.1) is 0 Å². The van der Waals surface area contributed by atoms with Gasteiger partial charge in [0, 0.05) is 62.1 Å². The first-order valence-corrected chi connectivity index (χ1v) is 23.6. The van der Waals surface area contributed by atoms with E-state index in [1.807, 2.05) is 27.7 Å². The van der Waals surface area contributed by atoms with Crippen LogP contribution >= 0.6 is 0 Å². The Morgan fingerprint density at radius 1 is 0.493 bits per heavy atom. The third kappa shape index (κ3) is 15.3. The standard InChI is InChI=1S/C25H30N4O.C22H26N4.C7H16O3.ClH/c1-6-30-25-28(21-11-7-19(8-12-21)17(2)3)23-24(27-16-15-26-23)29(25)22-13-9-20(10-14-22)18(4)5;1-15(2)17-5-9-19(10-6-17)25-21-22(24-14-13-23-21)26-20-11-7-18(8-12-20)16(3)4;1-4-8-7(9-5-2)10-6-3;/h7-18,25H,6H2,1-5H3;5-16H,1-4H3,(H,23,25)(H,24,26);7H,4-6H2,1-3H3;1H. The highest BCUT2D eigenvalue weighted by Gasteiger charge is 2.41. The van der Waals surface area contributed by atoms with Crippen LogP contribution in [-0.4, -0.2) is 59.2 Å². The molecule has 6 aromatic rings. The normalized spacial score (nSPS) is 12.3. The van der Waals surface area contributed by atoms with Crippen LogP contribution in [0.5, 0.6) is 0 Å². The number of nitrogens with two attached hydrogens (primary N) is 1. The third-order valence-electron chi connectivity index (χ3n) is 10.9. The molecule has 2 aromatic heterocycles. The maximum absolute atomic E-state index is 6.25. The summed E-state index contributed by atoms with van der Waals surface area (Å²) < 4.78 is 21.5. The maximum atomic E-state index is 6.25. The number of hydrogen-bond donors (Lipinski definition) is 2. The van der Waals surface area contributed by atoms with Crippen molar-refractivity contribution in [2.45, 2.75) is 120 Å². The Morgan fingerprint density at radius 2 is 0.866 bits per heavy atom. The quantitative estimate of drug-likeness (QED) is 0.0633. The third-order valence-corrected chi connectivity index (χ3v) is 10.9. The van der Waals surface area contributed by atoms with Crippen molar-refractivity contribution in [2.75, 3.05) is 41.5 Å². The van der Waals surface area contributed by atoms with Crippen molar-refractivity contribution in [3.8, 4) is 0 Å². The van der Waals surface area contributed by atoms with E-state index in [0.717, 1.165) is 46.0 Å². The van der Waals surface area contributed by atoms with E-state index in [1.54, 1.807) is 24.8 Å². The molecule has 67 heavy (non-hydrogen) atoms. The fourth-order valence-corrected chi connectivity index (χ4v) is 7.15. The molecular formula is C54H73ClN8O4. The Morgan fingerprint density at radius 3 is 1.25 bits per heavy atom. The molecule has 0 unspecified atom stereocenters. The van der Waals surface area contributed by atoms with E-state index in [0.29, 0.717) is 50.1 Å². The van der Waals surface area contributed by atoms with Crippen molar-refractivity contribution in [3.63, 3.8) is 0 Å². The van der Waals surface area contributed by atoms with Crippen molar-refractivity contribution in [3.05, 3.63) is 144 Å². The first-order chi connectivity index (χ1) is 31.9. The van der Waals surface area contributed by atoms with Crippen LogP contribution in [0.4, 0.5) is 46.0 Å². The molecule has 12 nitrogen and oxygen atoms in total. The van der Waals surface area contributed by atoms with Gasteiger partial charge in [0.2, 0.25) is 12.2 Å². The predicted octanol–water partition coefficient (Wildman–Crippen LogP) is 9.71. The molecular weight excluding hydrogens is 860 g/mol. The van der Waals surface area contributed by atoms with Crippen molar-refractivity contribution in [1.82, 2.24) is 19.9 Å². The van der Waals surface area contributed by atoms with Crippen molar-refractivity contribution < 1.29 is 36.7 Å². The summed E-state index contributed by atoms with van der Waals surface area (Å²) >= 11 is 0. The molecule has 0 saturated heterocycles. The molecule has 0 atom stereocenters. The number of nitrogens with one attached hydrogen (secondary N) is 1. The van der Waals surface area contributed by atoms with E-state index in [-0.39, 0.29) is 18.8 Å². The van der Waals surface area contributed by atoms with Gasteiger partial charge in [0.15, 0.2) is 11.6 Å². The van der Waals surface area contributed by atoms with Crippen LogP contribution < -0.4 is 32.8 Å². The smallest absolute Gasteiger partial charge is 0.273 e. The zero-order chi connectivity index (χ0) is 47.6. The Balaban J connectivity index is 0.000000243. The molecule has 0 fully saturated rings. The number of quaternary nitrogens is 1. The predicted molar refractivity (Wildman–Crippen MR) is 269 cm³/mol. The highest BCUT2D eigenvalue weighted by Crippen LogP contribution is 2.45. The minimum atomic E-state index is -0.472. The summed E-state index contributed by atoms with van der Waals surface area (Å²) in [5.74, 6) is 5.24. The fraction of sp³-hybridized carbons (Fsp3) is 0.407. The molecule has 0 spiro atoms. The molecule has 3 N–H and O–H groups in total. The Bertz CT molecular complexity index is 2150. The van der Waals surface area contributed by atoms with Crippen molar-refractivity contribution in [1.29, 1.82) is 0 Å². The number of fused-ring (bicyclic) bond motifs is 1. The van der Waals surface area contributed by atoms with Crippen LogP contribution in [-0.2, 0) is 18.9 Å². The lowest BCUT2D eigenvalue weighted by atomic mass is 10.0. The molecule has 3 heterocycles. The molecule has 1 aliphatic rings. The topological polar surface area (TPSA) is 124 Å². The second-order valence-electron chi connectivity index (χ2n) is 17.0. The maximum Gasteiger partial charge on any atom is 0.273 e. The second kappa shape index (κ2) is 27.4. The molecule has 0 amide bonds. The van der Waals surface area contributed by atoms with Gasteiger partial charge in [-0.25, -0.2) is 15.0 Å². The molecule has 0 radical (unpaired) electrons. The number of benzene rings is 4. The van der Waals surface area contributed by atoms with Crippen LogP contribution in [0.1, 0.15) is 129 Å². The van der Waals surface area contributed by atoms with Gasteiger partial charge in [0.1, 0.15) is 5.69 Å². The van der Waals surface area contributed by atoms with E-state index >= 15 is 0 Å². The number of ether oxygens (including phenoxy) is 4. The number of aromatic nitrogens is 4. The van der Waals surface area contributed by atoms with Crippen LogP contribution in [0.15, 0.2) is 122 Å². The summed E-state index contributed by atoms with van der Waals surface area (Å²) in [4.78, 5) is 22.6. The molecule has 7 rings (SSSR count). The average molecular weight is 934 g/mol. The van der Waals surface area contributed by atoms with Gasteiger partial charge >= 0.3 is 0 Å². The van der Waals surface area contributed by atoms with Crippen LogP contribution in [0.3, 0.4) is 0 Å². The lowest BCUT2D eigenvalue weighted by Crippen LogP contribution is -3.00. The SMILES string of the molecule is CC(C)c1ccc(Nc2nccnc2[NH2+]c2ccc(C(C)C)cc2)cc1.CCOC(OCC)OCC.CCOC1N(c2ccc(C(C)C)cc2)c2nccnc2N1c1ccc(C(C)C)cc1.[Cl-]. The molecule has 1 aliphatic heterocycles. The lowest BCUT2D eigenvalue weighted by Gasteiger charge is -2.31. The Kier molecular flexibility index (Phi) is 22.1. The Labute approximate surface area is 406 Å². The van der Waals surface area contributed by atoms with Crippen LogP contribution in [0.2, 0.25) is 0 Å². The summed E-state index contributed by atoms with van der Waals surface area (Å²) in [5.41, 5.74) is 9.50. The van der Waals surface area contributed by atoms with E-state index in [1.165, 1.54) is 22.3 Å². The molecule has 360 valence electrons. The summed E-state index contributed by atoms with van der Waals surface area (Å²) in [6.07, 6.45) is 6.57. The molecule has 0 saturated carbocycles. The minimum absolute atomic E-state index is 0. The zero-order valence-electron chi connectivity index (χ0n) is 41.6. The molecule has 4 aromatic carbocycles. The number of rotatable bonds is 18. The van der Waals surface area contributed by atoms with E-state index in [2.05, 4.69) is 193 Å². The summed E-state index contributed by atoms with van der Waals surface area (Å²) in [6, 6.07) is 34.4. The number of anilines is 6. The number of nitrogens with zero attached hydrogens (tertiary/aromatic N) is 6. The van der Waals surface area contributed by atoms with E-state index < -0.39 is 6.48 Å². The van der Waals surface area contributed by atoms with Gasteiger partial charge in [0.25, 0.3) is 12.3 Å². The summed E-state index contributed by atoms with van der Waals surface area (Å²) in [5, 5.41) is 5.44. The summed E-state index contributed by atoms with van der Waals surface area (Å²) in [6.45, 7) is 27.3. The number of halogens is 1. The fourth-order valence-electron chi connectivity index (χ4n) is 7.15. The molecule has 0 aliphatic carbocycles. The van der Waals surface area contributed by atoms with Gasteiger partial charge in [-0.3, -0.25) is 15.1 Å². The second-order valence-corrected chi connectivity index (χ2v) is 17.0. The first-order valence-electron chi connectivity index (χ1n) is 23.6. The number of hydrogen-bond acceptors (Lipinski definition) is 11. The van der Waals surface area contributed by atoms with Gasteiger partial charge in [-0.15, -0.1) is 0 Å². The first kappa shape index (κ1) is 54.1. The highest BCUT2D eigenvalue weighted by molar-refractivity contribution is 5.82. The monoisotopic (exact) mass is 933 g/mol. The van der Waals surface area contributed by atoms with Gasteiger partial charge in [-0.05, 0) is 122 Å². The van der Waals surface area contributed by atoms with Gasteiger partial charge < -0.3 is 36.7 Å². The van der Waals surface area contributed by atoms with Gasteiger partial charge in [-0.2, -0.15) is 4.98 Å². The van der Waals surface area contributed by atoms with Gasteiger partial charge in [-0.1, -0.05) is 104 Å². The van der Waals surface area contributed by atoms with Crippen molar-refractivity contribution in [2.24, 2.45) is 0 Å². The molecule has 13 heteroatoms. The highest BCUT2D eigenvalue weighted by atomic mass is 35.5. The lowest BCUT2D eigenvalue weighted by molar-refractivity contribution is -0.482. The Hall–Kier alpha value is -5.47. The van der Waals surface area contributed by atoms with Crippen molar-refractivity contribution >= 4 is 46.0 Å². The summed E-state index contributed by atoms with van der Waals surface area (Å²) in [7, 11) is 0. The minimum Gasteiger partial charge on any atom is -1.00 e. The average Bonchev–Trinajstić information content (AvgIpc) is 3.64. The van der Waals surface area contributed by atoms with E-state index in [4.69, 9.17) is 18.9 Å². The molecule has 0 bridgehead atoms. The van der Waals surface area contributed by atoms with Crippen LogP contribution in [0.25, 0.3) is 0 Å². The van der Waals surface area contributed by atoms with Gasteiger partial charge in [0.05, 0.1) is 6.20 Å². The zero-order valence-corrected chi connectivity index (χ0v) is 42.4. The van der Waals surface area contributed by atoms with E-state index in [9.17, 15) is 0 Å².